The minimum Gasteiger partial charge on any atom is -0.481 e. The first kappa shape index (κ1) is 43.0. The van der Waals surface area contributed by atoms with Crippen molar-refractivity contribution in [2.75, 3.05) is 6.61 Å². The van der Waals surface area contributed by atoms with E-state index in [1.807, 2.05) is 0 Å². The van der Waals surface area contributed by atoms with Gasteiger partial charge in [0.1, 0.15) is 54.6 Å². The molecule has 1 saturated heterocycles. The molecule has 0 spiro atoms. The number of amides is 3. The van der Waals surface area contributed by atoms with Crippen molar-refractivity contribution >= 4 is 41.6 Å². The van der Waals surface area contributed by atoms with Gasteiger partial charge >= 0.3 is 23.9 Å². The van der Waals surface area contributed by atoms with Gasteiger partial charge < -0.3 is 72.6 Å². The molecule has 270 valence electrons. The molecule has 1 aliphatic rings. The number of nitrogens with two attached hydrogens (primary N) is 2. The van der Waals surface area contributed by atoms with Crippen molar-refractivity contribution < 1.29 is 78.8 Å². The summed E-state index contributed by atoms with van der Waals surface area (Å²) in [7, 11) is 0. The topological polar surface area (TPSA) is 368 Å². The second-order valence-electron chi connectivity index (χ2n) is 10.6. The molecule has 3 amide bonds. The van der Waals surface area contributed by atoms with Gasteiger partial charge in [0.15, 0.2) is 6.29 Å². The third kappa shape index (κ3) is 15.9. The normalized spacial score (nSPS) is 23.7. The van der Waals surface area contributed by atoms with E-state index in [1.54, 1.807) is 0 Å². The van der Waals surface area contributed by atoms with E-state index < -0.39 is 116 Å². The predicted octanol–water partition coefficient (Wildman–Crippen LogP) is -4.75. The van der Waals surface area contributed by atoms with Crippen molar-refractivity contribution in [2.24, 2.45) is 11.5 Å². The van der Waals surface area contributed by atoms with E-state index in [0.717, 1.165) is 6.92 Å². The first-order valence-corrected chi connectivity index (χ1v) is 14.3. The molecule has 21 nitrogen and oxygen atoms in total. The first-order chi connectivity index (χ1) is 21.7. The minimum atomic E-state index is -1.66. The highest BCUT2D eigenvalue weighted by Crippen LogP contribution is 2.23. The van der Waals surface area contributed by atoms with Crippen LogP contribution in [0, 0.1) is 0 Å². The molecular formula is C26H45N5O16. The Bertz CT molecular complexity index is 1070. The number of rotatable bonds is 18. The lowest BCUT2D eigenvalue weighted by Gasteiger charge is -2.43. The van der Waals surface area contributed by atoms with Gasteiger partial charge in [-0.05, 0) is 39.5 Å². The van der Waals surface area contributed by atoms with Crippen LogP contribution in [0.25, 0.3) is 0 Å². The first-order valence-electron chi connectivity index (χ1n) is 14.3. The number of nitrogens with one attached hydrogen (secondary N) is 3. The third-order valence-electron chi connectivity index (χ3n) is 6.65. The van der Waals surface area contributed by atoms with Gasteiger partial charge in [0.05, 0.1) is 6.61 Å². The van der Waals surface area contributed by atoms with Crippen molar-refractivity contribution in [3.8, 4) is 0 Å². The van der Waals surface area contributed by atoms with Crippen LogP contribution in [0.15, 0.2) is 0 Å². The second-order valence-corrected chi connectivity index (χ2v) is 10.6. The van der Waals surface area contributed by atoms with E-state index >= 15 is 0 Å². The Morgan fingerprint density at radius 1 is 0.830 bits per heavy atom. The zero-order chi connectivity index (χ0) is 36.6. The molecule has 0 radical (unpaired) electrons. The molecule has 0 aromatic rings. The van der Waals surface area contributed by atoms with Gasteiger partial charge in [0.25, 0.3) is 0 Å². The minimum absolute atomic E-state index is 0.246. The number of hydrogen-bond acceptors (Lipinski definition) is 14. The monoisotopic (exact) mass is 683 g/mol. The zero-order valence-corrected chi connectivity index (χ0v) is 26.0. The number of ether oxygens (including phenoxy) is 2. The van der Waals surface area contributed by atoms with E-state index in [2.05, 4.69) is 16.0 Å². The summed E-state index contributed by atoms with van der Waals surface area (Å²) in [6.45, 7) is 2.98. The highest BCUT2D eigenvalue weighted by Gasteiger charge is 2.47. The molecule has 21 heteroatoms. The van der Waals surface area contributed by atoms with E-state index in [9.17, 15) is 48.9 Å². The number of carboxylic acids is 4. The van der Waals surface area contributed by atoms with Crippen LogP contribution in [-0.2, 0) is 43.0 Å². The van der Waals surface area contributed by atoms with Crippen molar-refractivity contribution in [3.05, 3.63) is 0 Å². The Balaban J connectivity index is 0.00000137. The van der Waals surface area contributed by atoms with Crippen LogP contribution in [0.4, 0.5) is 0 Å². The average molecular weight is 684 g/mol. The van der Waals surface area contributed by atoms with Crippen LogP contribution in [0.3, 0.4) is 0 Å². The van der Waals surface area contributed by atoms with Crippen LogP contribution in [-0.4, -0.2) is 145 Å². The molecule has 0 bridgehead atoms. The summed E-state index contributed by atoms with van der Waals surface area (Å²) in [5.74, 6) is -7.18. The fraction of sp³-hybridized carbons (Fsp3) is 0.731. The van der Waals surface area contributed by atoms with Gasteiger partial charge in [-0.1, -0.05) is 0 Å². The summed E-state index contributed by atoms with van der Waals surface area (Å²) >= 11 is 0. The Kier molecular flexibility index (Phi) is 19.2. The summed E-state index contributed by atoms with van der Waals surface area (Å²) in [5, 5.41) is 71.2. The Morgan fingerprint density at radius 2 is 1.36 bits per heavy atom. The van der Waals surface area contributed by atoms with Gasteiger partial charge in [0, 0.05) is 13.3 Å². The lowest BCUT2D eigenvalue weighted by atomic mass is 9.96. The summed E-state index contributed by atoms with van der Waals surface area (Å²) in [4.78, 5) is 78.6. The van der Waals surface area contributed by atoms with Crippen molar-refractivity contribution in [1.82, 2.24) is 16.0 Å². The lowest BCUT2D eigenvalue weighted by molar-refractivity contribution is -0.266. The average Bonchev–Trinajstić information content (AvgIpc) is 2.97. The second kappa shape index (κ2) is 21.0. The summed E-state index contributed by atoms with van der Waals surface area (Å²) < 4.78 is 10.6. The molecule has 3 unspecified atom stereocenters. The molecule has 1 rings (SSSR count). The lowest BCUT2D eigenvalue weighted by Crippen LogP contribution is -2.65. The van der Waals surface area contributed by atoms with Crippen LogP contribution in [0.1, 0.15) is 52.9 Å². The molecule has 1 aliphatic heterocycles. The number of carbonyl (C=O) groups is 7. The fourth-order valence-corrected chi connectivity index (χ4v) is 3.96. The Hall–Kier alpha value is -3.99. The smallest absolute Gasteiger partial charge is 0.326 e. The van der Waals surface area contributed by atoms with Crippen molar-refractivity contribution in [1.29, 1.82) is 0 Å². The zero-order valence-electron chi connectivity index (χ0n) is 26.0. The molecule has 0 aromatic heterocycles. The molecule has 10 atom stereocenters. The van der Waals surface area contributed by atoms with Gasteiger partial charge in [0.2, 0.25) is 17.7 Å². The SMILES string of the molecule is CC(=O)N[C@@H]1[C@@H](OC(C)C(=O)N[C@@H](C)C(=O)N[C@H](CCC(=O)O)C(=O)O)[C@H](O)[C@@H](CO)O[C@@H]1O.NC(CCCC(N)C(=O)O)C(=O)O. The number of aliphatic carboxylic acids is 4. The molecule has 1 fully saturated rings. The molecule has 0 aromatic carbocycles. The van der Waals surface area contributed by atoms with Gasteiger partial charge in [-0.2, -0.15) is 0 Å². The standard InChI is InChI=1S/C19H31N3O12.C7H14N2O4/c1-7(16(28)22-10(18(30)31)4-5-12(25)26)20-17(29)8(2)33-15-13(21-9(3)24)19(32)34-11(6-23)14(15)27;8-4(6(10)11)2-1-3-5(9)7(12)13/h7-8,10-11,13-15,19,23,27,32H,4-6H2,1-3H3,(H,20,29)(H,21,24)(H,22,28)(H,25,26)(H,30,31);4-5H,1-3,8-9H2,(H,10,11)(H,12,13)/t7-,8?,10+,11+,13+,14+,15+,19-;/m0./s1. The van der Waals surface area contributed by atoms with E-state index in [1.165, 1.54) is 13.8 Å². The maximum Gasteiger partial charge on any atom is 0.326 e. The number of carbonyl (C=O) groups excluding carboxylic acids is 3. The van der Waals surface area contributed by atoms with Crippen molar-refractivity contribution in [2.45, 2.75) is 114 Å². The van der Waals surface area contributed by atoms with Crippen molar-refractivity contribution in [3.63, 3.8) is 0 Å². The highest BCUT2D eigenvalue weighted by molar-refractivity contribution is 5.91. The summed E-state index contributed by atoms with van der Waals surface area (Å²) in [6.07, 6.45) is -7.12. The molecule has 47 heavy (non-hydrogen) atoms. The van der Waals surface area contributed by atoms with Crippen LogP contribution in [0.2, 0.25) is 0 Å². The molecule has 0 saturated carbocycles. The quantitative estimate of drug-likeness (QED) is 0.0645. The van der Waals surface area contributed by atoms with Gasteiger partial charge in [-0.3, -0.25) is 28.8 Å². The van der Waals surface area contributed by atoms with Crippen LogP contribution in [0.5, 0.6) is 0 Å². The third-order valence-corrected chi connectivity index (χ3v) is 6.65. The fourth-order valence-electron chi connectivity index (χ4n) is 3.96. The molecule has 0 aliphatic carbocycles. The number of carboxylic acid groups (broad SMARTS) is 4. The molecule has 14 N–H and O–H groups in total. The van der Waals surface area contributed by atoms with Gasteiger partial charge in [-0.15, -0.1) is 0 Å². The van der Waals surface area contributed by atoms with E-state index in [0.29, 0.717) is 6.42 Å². The van der Waals surface area contributed by atoms with Crippen LogP contribution < -0.4 is 27.4 Å². The van der Waals surface area contributed by atoms with Gasteiger partial charge in [-0.25, -0.2) is 4.79 Å². The molecule has 1 heterocycles. The maximum atomic E-state index is 12.5. The summed E-state index contributed by atoms with van der Waals surface area (Å²) in [6, 6.07) is -5.87. The number of hydrogen-bond donors (Lipinski definition) is 12. The van der Waals surface area contributed by atoms with E-state index in [-0.39, 0.29) is 19.3 Å². The predicted molar refractivity (Wildman–Crippen MR) is 155 cm³/mol. The van der Waals surface area contributed by atoms with E-state index in [4.69, 9.17) is 41.4 Å². The Labute approximate surface area is 268 Å². The molecular weight excluding hydrogens is 638 g/mol. The Morgan fingerprint density at radius 3 is 1.79 bits per heavy atom. The number of aliphatic hydroxyl groups excluding tert-OH is 3. The largest absolute Gasteiger partial charge is 0.481 e. The maximum absolute atomic E-state index is 12.5. The highest BCUT2D eigenvalue weighted by atomic mass is 16.6. The number of aliphatic hydroxyl groups is 3. The van der Waals surface area contributed by atoms with Crippen LogP contribution >= 0.6 is 0 Å². The summed E-state index contributed by atoms with van der Waals surface area (Å²) in [5.41, 5.74) is 10.4.